The SMILES string of the molecule is CC(CCC(=O)O)NC(=O)C1CC1c1cc(Cl)cc(Cl)c1. The number of amides is 1. The van der Waals surface area contributed by atoms with Gasteiger partial charge in [-0.05, 0) is 49.4 Å². The highest BCUT2D eigenvalue weighted by molar-refractivity contribution is 6.34. The highest BCUT2D eigenvalue weighted by atomic mass is 35.5. The molecule has 21 heavy (non-hydrogen) atoms. The van der Waals surface area contributed by atoms with E-state index in [0.29, 0.717) is 16.5 Å². The Labute approximate surface area is 133 Å². The summed E-state index contributed by atoms with van der Waals surface area (Å²) in [6.07, 6.45) is 1.26. The van der Waals surface area contributed by atoms with Gasteiger partial charge in [-0.25, -0.2) is 0 Å². The molecule has 0 saturated heterocycles. The highest BCUT2D eigenvalue weighted by Crippen LogP contribution is 2.48. The number of carbonyl (C=O) groups excluding carboxylic acids is 1. The van der Waals surface area contributed by atoms with Crippen LogP contribution in [0.4, 0.5) is 0 Å². The second-order valence-electron chi connectivity index (χ2n) is 5.49. The van der Waals surface area contributed by atoms with Crippen LogP contribution in [0, 0.1) is 5.92 Å². The maximum Gasteiger partial charge on any atom is 0.303 e. The quantitative estimate of drug-likeness (QED) is 0.839. The lowest BCUT2D eigenvalue weighted by atomic mass is 10.1. The first-order chi connectivity index (χ1) is 9.86. The lowest BCUT2D eigenvalue weighted by Crippen LogP contribution is -2.34. The molecule has 1 amide bonds. The minimum Gasteiger partial charge on any atom is -0.481 e. The van der Waals surface area contributed by atoms with Crippen molar-refractivity contribution in [3.05, 3.63) is 33.8 Å². The van der Waals surface area contributed by atoms with Gasteiger partial charge in [-0.3, -0.25) is 9.59 Å². The fourth-order valence-electron chi connectivity index (χ4n) is 2.40. The van der Waals surface area contributed by atoms with Crippen LogP contribution in [0.5, 0.6) is 0 Å². The summed E-state index contributed by atoms with van der Waals surface area (Å²) >= 11 is 11.9. The van der Waals surface area contributed by atoms with Crippen LogP contribution < -0.4 is 5.32 Å². The molecule has 1 aliphatic carbocycles. The number of hydrogen-bond acceptors (Lipinski definition) is 2. The Kier molecular flexibility index (Phi) is 5.12. The van der Waals surface area contributed by atoms with E-state index in [0.717, 1.165) is 12.0 Å². The smallest absolute Gasteiger partial charge is 0.303 e. The van der Waals surface area contributed by atoms with Crippen molar-refractivity contribution in [1.29, 1.82) is 0 Å². The molecule has 114 valence electrons. The zero-order valence-electron chi connectivity index (χ0n) is 11.6. The summed E-state index contributed by atoms with van der Waals surface area (Å²) in [4.78, 5) is 22.6. The van der Waals surface area contributed by atoms with Crippen LogP contribution >= 0.6 is 23.2 Å². The Hall–Kier alpha value is -1.26. The number of carboxylic acid groups (broad SMARTS) is 1. The van der Waals surface area contributed by atoms with E-state index in [1.807, 2.05) is 19.1 Å². The van der Waals surface area contributed by atoms with Gasteiger partial charge in [0, 0.05) is 28.4 Å². The second kappa shape index (κ2) is 6.67. The van der Waals surface area contributed by atoms with E-state index in [-0.39, 0.29) is 30.2 Å². The van der Waals surface area contributed by atoms with Crippen LogP contribution in [0.25, 0.3) is 0 Å². The largest absolute Gasteiger partial charge is 0.481 e. The van der Waals surface area contributed by atoms with Gasteiger partial charge in [-0.2, -0.15) is 0 Å². The van der Waals surface area contributed by atoms with Crippen molar-refractivity contribution < 1.29 is 14.7 Å². The summed E-state index contributed by atoms with van der Waals surface area (Å²) in [6.45, 7) is 1.81. The van der Waals surface area contributed by atoms with Crippen molar-refractivity contribution >= 4 is 35.1 Å². The van der Waals surface area contributed by atoms with Gasteiger partial charge in [0.2, 0.25) is 5.91 Å². The van der Waals surface area contributed by atoms with Crippen LogP contribution in [0.1, 0.15) is 37.7 Å². The van der Waals surface area contributed by atoms with Gasteiger partial charge in [0.05, 0.1) is 0 Å². The average Bonchev–Trinajstić information content (AvgIpc) is 3.15. The number of hydrogen-bond donors (Lipinski definition) is 2. The van der Waals surface area contributed by atoms with E-state index >= 15 is 0 Å². The molecule has 0 spiro atoms. The number of carbonyl (C=O) groups is 2. The molecule has 3 atom stereocenters. The fourth-order valence-corrected chi connectivity index (χ4v) is 2.95. The van der Waals surface area contributed by atoms with Crippen molar-refractivity contribution in [1.82, 2.24) is 5.32 Å². The molecule has 4 nitrogen and oxygen atoms in total. The zero-order chi connectivity index (χ0) is 15.6. The van der Waals surface area contributed by atoms with E-state index in [4.69, 9.17) is 28.3 Å². The first-order valence-corrected chi connectivity index (χ1v) is 7.60. The Morgan fingerprint density at radius 1 is 1.33 bits per heavy atom. The first-order valence-electron chi connectivity index (χ1n) is 6.85. The Morgan fingerprint density at radius 3 is 2.52 bits per heavy atom. The molecular weight excluding hydrogens is 313 g/mol. The van der Waals surface area contributed by atoms with Gasteiger partial charge in [-0.1, -0.05) is 23.2 Å². The molecule has 1 aromatic rings. The Morgan fingerprint density at radius 2 is 1.95 bits per heavy atom. The molecule has 2 N–H and O–H groups in total. The van der Waals surface area contributed by atoms with Gasteiger partial charge in [0.1, 0.15) is 0 Å². The van der Waals surface area contributed by atoms with E-state index in [9.17, 15) is 9.59 Å². The number of halogens is 2. The van der Waals surface area contributed by atoms with Crippen LogP contribution in [0.3, 0.4) is 0 Å². The molecule has 0 aromatic heterocycles. The topological polar surface area (TPSA) is 66.4 Å². The standard InChI is InChI=1S/C15H17Cl2NO3/c1-8(2-3-14(19)20)18-15(21)13-7-12(13)9-4-10(16)6-11(17)5-9/h4-6,8,12-13H,2-3,7H2,1H3,(H,18,21)(H,19,20). The van der Waals surface area contributed by atoms with Gasteiger partial charge >= 0.3 is 5.97 Å². The Bertz CT molecular complexity index is 542. The predicted molar refractivity (Wildman–Crippen MR) is 81.8 cm³/mol. The molecule has 1 aliphatic rings. The third-order valence-electron chi connectivity index (χ3n) is 3.62. The summed E-state index contributed by atoms with van der Waals surface area (Å²) in [5, 5.41) is 12.6. The maximum atomic E-state index is 12.1. The van der Waals surface area contributed by atoms with Crippen molar-refractivity contribution in [2.75, 3.05) is 0 Å². The lowest BCUT2D eigenvalue weighted by molar-refractivity contribution is -0.137. The maximum absolute atomic E-state index is 12.1. The summed E-state index contributed by atoms with van der Waals surface area (Å²) in [7, 11) is 0. The zero-order valence-corrected chi connectivity index (χ0v) is 13.1. The normalized spacial score (nSPS) is 21.7. The van der Waals surface area contributed by atoms with Crippen molar-refractivity contribution in [3.8, 4) is 0 Å². The van der Waals surface area contributed by atoms with Crippen molar-refractivity contribution in [2.24, 2.45) is 5.92 Å². The minimum atomic E-state index is -0.853. The van der Waals surface area contributed by atoms with E-state index < -0.39 is 5.97 Å². The second-order valence-corrected chi connectivity index (χ2v) is 6.37. The predicted octanol–water partition coefficient (Wildman–Crippen LogP) is 3.47. The summed E-state index contributed by atoms with van der Waals surface area (Å²) < 4.78 is 0. The fraction of sp³-hybridized carbons (Fsp3) is 0.467. The molecule has 0 heterocycles. The van der Waals surface area contributed by atoms with Crippen molar-refractivity contribution in [3.63, 3.8) is 0 Å². The third kappa shape index (κ3) is 4.61. The molecule has 6 heteroatoms. The van der Waals surface area contributed by atoms with E-state index in [1.54, 1.807) is 6.07 Å². The summed E-state index contributed by atoms with van der Waals surface area (Å²) in [5.41, 5.74) is 0.978. The number of rotatable bonds is 6. The minimum absolute atomic E-state index is 0.0333. The molecule has 1 saturated carbocycles. The first kappa shape index (κ1) is 16.1. The van der Waals surface area contributed by atoms with Crippen LogP contribution in [-0.4, -0.2) is 23.0 Å². The molecule has 0 aliphatic heterocycles. The van der Waals surface area contributed by atoms with E-state index in [2.05, 4.69) is 5.32 Å². The van der Waals surface area contributed by atoms with Crippen molar-refractivity contribution in [2.45, 2.75) is 38.1 Å². The monoisotopic (exact) mass is 329 g/mol. The third-order valence-corrected chi connectivity index (χ3v) is 4.06. The number of nitrogens with one attached hydrogen (secondary N) is 1. The van der Waals surface area contributed by atoms with Crippen LogP contribution in [-0.2, 0) is 9.59 Å². The highest BCUT2D eigenvalue weighted by Gasteiger charge is 2.44. The number of carboxylic acids is 1. The van der Waals surface area contributed by atoms with Gasteiger partial charge in [-0.15, -0.1) is 0 Å². The van der Waals surface area contributed by atoms with Crippen LogP contribution in [0.15, 0.2) is 18.2 Å². The molecular formula is C15H17Cl2NO3. The van der Waals surface area contributed by atoms with Gasteiger partial charge < -0.3 is 10.4 Å². The summed E-state index contributed by atoms with van der Waals surface area (Å²) in [6, 6.07) is 5.19. The molecule has 1 fully saturated rings. The lowest BCUT2D eigenvalue weighted by Gasteiger charge is -2.12. The Balaban J connectivity index is 1.87. The average molecular weight is 330 g/mol. The van der Waals surface area contributed by atoms with Gasteiger partial charge in [0.25, 0.3) is 0 Å². The van der Waals surface area contributed by atoms with Gasteiger partial charge in [0.15, 0.2) is 0 Å². The molecule has 0 bridgehead atoms. The number of benzene rings is 1. The number of aliphatic carboxylic acids is 1. The molecule has 1 aromatic carbocycles. The van der Waals surface area contributed by atoms with Crippen LogP contribution in [0.2, 0.25) is 10.0 Å². The molecule has 3 unspecified atom stereocenters. The summed E-state index contributed by atoms with van der Waals surface area (Å²) in [5.74, 6) is -0.817. The molecule has 2 rings (SSSR count). The van der Waals surface area contributed by atoms with E-state index in [1.165, 1.54) is 0 Å². The molecule has 0 radical (unpaired) electrons.